The lowest BCUT2D eigenvalue weighted by Crippen LogP contribution is -2.29. The topological polar surface area (TPSA) is 89.2 Å². The van der Waals surface area contributed by atoms with E-state index in [1.807, 2.05) is 61.5 Å². The molecule has 3 aromatic carbocycles. The third kappa shape index (κ3) is 4.79. The van der Waals surface area contributed by atoms with Crippen molar-refractivity contribution in [2.75, 3.05) is 0 Å². The van der Waals surface area contributed by atoms with E-state index in [-0.39, 0.29) is 24.0 Å². The first kappa shape index (κ1) is 24.6. The van der Waals surface area contributed by atoms with Gasteiger partial charge in [-0.2, -0.15) is 0 Å². The Balaban J connectivity index is 1.40. The maximum absolute atomic E-state index is 13.4. The van der Waals surface area contributed by atoms with Gasteiger partial charge in [0.15, 0.2) is 0 Å². The molecule has 39 heavy (non-hydrogen) atoms. The minimum atomic E-state index is -0.834. The number of amides is 1. The molecule has 2 aliphatic rings. The summed E-state index contributed by atoms with van der Waals surface area (Å²) in [6.07, 6.45) is 2.26. The predicted molar refractivity (Wildman–Crippen MR) is 144 cm³/mol. The lowest BCUT2D eigenvalue weighted by Gasteiger charge is -2.25. The monoisotopic (exact) mass is 521 g/mol. The summed E-state index contributed by atoms with van der Waals surface area (Å²) in [4.78, 5) is 28.2. The number of Topliss-reactive ketones (excluding diaryl/α,β-unsaturated/α-hetero) is 1. The average molecular weight is 522 g/mol. The Bertz CT molecular complexity index is 1560. The van der Waals surface area contributed by atoms with Crippen molar-refractivity contribution in [1.82, 2.24) is 4.90 Å². The summed E-state index contributed by atoms with van der Waals surface area (Å²) in [7, 11) is 0. The van der Waals surface area contributed by atoms with Crippen LogP contribution in [-0.2, 0) is 29.2 Å². The third-order valence-corrected chi connectivity index (χ3v) is 7.04. The molecule has 6 rings (SSSR count). The number of ether oxygens (including phenoxy) is 2. The number of furan rings is 1. The van der Waals surface area contributed by atoms with Crippen LogP contribution < -0.4 is 9.47 Å². The van der Waals surface area contributed by atoms with Crippen molar-refractivity contribution in [3.8, 4) is 11.5 Å². The molecule has 0 radical (unpaired) electrons. The summed E-state index contributed by atoms with van der Waals surface area (Å²) < 4.78 is 17.3. The van der Waals surface area contributed by atoms with Gasteiger partial charge in [0, 0.05) is 12.0 Å². The van der Waals surface area contributed by atoms with Crippen LogP contribution in [0, 0.1) is 0 Å². The molecule has 2 aliphatic heterocycles. The van der Waals surface area contributed by atoms with E-state index in [0.717, 1.165) is 16.9 Å². The van der Waals surface area contributed by atoms with E-state index in [9.17, 15) is 14.7 Å². The van der Waals surface area contributed by atoms with Crippen LogP contribution in [0.1, 0.15) is 41.0 Å². The van der Waals surface area contributed by atoms with Crippen LogP contribution in [0.4, 0.5) is 0 Å². The summed E-state index contributed by atoms with van der Waals surface area (Å²) >= 11 is 0. The number of likely N-dealkylation sites (tertiary alicyclic amines) is 1. The quantitative estimate of drug-likeness (QED) is 0.188. The Hall–Kier alpha value is -4.78. The second-order valence-electron chi connectivity index (χ2n) is 9.81. The van der Waals surface area contributed by atoms with Gasteiger partial charge in [-0.25, -0.2) is 0 Å². The van der Waals surface area contributed by atoms with Gasteiger partial charge in [0.1, 0.15) is 35.7 Å². The number of fused-ring (bicyclic) bond motifs is 1. The SMILES string of the molecule is C[C@@H]1Cc2cc(C(O)=C3C(=O)C(=O)N(Cc4ccco4)[C@@H]3c3cccc(OCc4ccccc4)c3)ccc2O1. The van der Waals surface area contributed by atoms with Crippen molar-refractivity contribution in [1.29, 1.82) is 0 Å². The summed E-state index contributed by atoms with van der Waals surface area (Å²) in [5, 5.41) is 11.5. The molecule has 0 saturated carbocycles. The van der Waals surface area contributed by atoms with Crippen molar-refractivity contribution < 1.29 is 28.6 Å². The molecule has 0 unspecified atom stereocenters. The van der Waals surface area contributed by atoms with Gasteiger partial charge in [0.25, 0.3) is 11.7 Å². The van der Waals surface area contributed by atoms with E-state index in [1.165, 1.54) is 11.2 Å². The van der Waals surface area contributed by atoms with Gasteiger partial charge in [0.05, 0.1) is 24.4 Å². The first-order valence-corrected chi connectivity index (χ1v) is 12.9. The first-order chi connectivity index (χ1) is 19.0. The number of ketones is 1. The number of hydrogen-bond acceptors (Lipinski definition) is 6. The molecule has 3 heterocycles. The number of nitrogens with zero attached hydrogens (tertiary/aromatic N) is 1. The predicted octanol–water partition coefficient (Wildman–Crippen LogP) is 5.80. The van der Waals surface area contributed by atoms with E-state index in [2.05, 4.69) is 0 Å². The summed E-state index contributed by atoms with van der Waals surface area (Å²) in [5.41, 5.74) is 3.10. The molecule has 1 fully saturated rings. The van der Waals surface area contributed by atoms with Gasteiger partial charge < -0.3 is 23.9 Å². The molecule has 196 valence electrons. The van der Waals surface area contributed by atoms with Gasteiger partial charge in [-0.3, -0.25) is 9.59 Å². The molecule has 7 heteroatoms. The second-order valence-corrected chi connectivity index (χ2v) is 9.81. The number of rotatable bonds is 7. The third-order valence-electron chi connectivity index (χ3n) is 7.04. The average Bonchev–Trinajstić information content (AvgIpc) is 3.66. The van der Waals surface area contributed by atoms with Crippen LogP contribution >= 0.6 is 0 Å². The van der Waals surface area contributed by atoms with Crippen LogP contribution in [0.15, 0.2) is 101 Å². The molecule has 1 saturated heterocycles. The highest BCUT2D eigenvalue weighted by Gasteiger charge is 2.46. The fraction of sp³-hybridized carbons (Fsp3) is 0.188. The van der Waals surface area contributed by atoms with Crippen LogP contribution in [-0.4, -0.2) is 27.8 Å². The summed E-state index contributed by atoms with van der Waals surface area (Å²) in [5.74, 6) is 0.206. The number of benzene rings is 3. The minimum Gasteiger partial charge on any atom is -0.507 e. The zero-order valence-corrected chi connectivity index (χ0v) is 21.4. The van der Waals surface area contributed by atoms with E-state index < -0.39 is 17.7 Å². The van der Waals surface area contributed by atoms with E-state index in [0.29, 0.717) is 35.7 Å². The minimum absolute atomic E-state index is 0.0266. The molecule has 1 aromatic heterocycles. The van der Waals surface area contributed by atoms with E-state index >= 15 is 0 Å². The van der Waals surface area contributed by atoms with E-state index in [4.69, 9.17) is 13.9 Å². The number of carbonyl (C=O) groups excluding carboxylic acids is 2. The fourth-order valence-corrected chi connectivity index (χ4v) is 5.20. The zero-order valence-electron chi connectivity index (χ0n) is 21.4. The molecule has 0 aliphatic carbocycles. The number of hydrogen-bond donors (Lipinski definition) is 1. The molecular weight excluding hydrogens is 494 g/mol. The maximum atomic E-state index is 13.4. The Morgan fingerprint density at radius 3 is 2.64 bits per heavy atom. The number of carbonyl (C=O) groups is 2. The van der Waals surface area contributed by atoms with Gasteiger partial charge in [0.2, 0.25) is 0 Å². The second kappa shape index (κ2) is 10.2. The lowest BCUT2D eigenvalue weighted by molar-refractivity contribution is -0.140. The van der Waals surface area contributed by atoms with Crippen molar-refractivity contribution in [2.45, 2.75) is 38.6 Å². The highest BCUT2D eigenvalue weighted by Crippen LogP contribution is 2.42. The summed E-state index contributed by atoms with van der Waals surface area (Å²) in [6, 6.07) is 25.0. The Morgan fingerprint density at radius 1 is 1.00 bits per heavy atom. The molecule has 0 bridgehead atoms. The summed E-state index contributed by atoms with van der Waals surface area (Å²) in [6.45, 7) is 2.42. The zero-order chi connectivity index (χ0) is 26.9. The van der Waals surface area contributed by atoms with Gasteiger partial charge in [-0.05, 0) is 66.1 Å². The lowest BCUT2D eigenvalue weighted by atomic mass is 9.94. The largest absolute Gasteiger partial charge is 0.507 e. The van der Waals surface area contributed by atoms with Crippen molar-refractivity contribution in [3.05, 3.63) is 125 Å². The maximum Gasteiger partial charge on any atom is 0.296 e. The molecule has 0 spiro atoms. The Morgan fingerprint density at radius 2 is 1.85 bits per heavy atom. The number of aliphatic hydroxyl groups is 1. The molecule has 7 nitrogen and oxygen atoms in total. The molecule has 1 amide bonds. The van der Waals surface area contributed by atoms with Crippen LogP contribution in [0.3, 0.4) is 0 Å². The van der Waals surface area contributed by atoms with E-state index in [1.54, 1.807) is 30.3 Å². The molecule has 4 aromatic rings. The fourth-order valence-electron chi connectivity index (χ4n) is 5.20. The van der Waals surface area contributed by atoms with Crippen molar-refractivity contribution in [2.24, 2.45) is 0 Å². The van der Waals surface area contributed by atoms with Gasteiger partial charge in [-0.15, -0.1) is 0 Å². The Labute approximate surface area is 225 Å². The van der Waals surface area contributed by atoms with Crippen molar-refractivity contribution >= 4 is 17.4 Å². The molecular formula is C32H27NO6. The van der Waals surface area contributed by atoms with Crippen molar-refractivity contribution in [3.63, 3.8) is 0 Å². The van der Waals surface area contributed by atoms with Gasteiger partial charge in [-0.1, -0.05) is 42.5 Å². The highest BCUT2D eigenvalue weighted by atomic mass is 16.5. The first-order valence-electron chi connectivity index (χ1n) is 12.9. The molecule has 1 N–H and O–H groups in total. The standard InChI is InChI=1S/C32H27NO6/c1-20-15-24-16-23(12-13-27(24)39-20)30(34)28-29(33(32(36)31(28)35)18-26-11-6-14-37-26)22-9-5-10-25(17-22)38-19-21-7-3-2-4-8-21/h2-14,16-17,20,29,34H,15,18-19H2,1H3/t20-,29-/m1/s1. The molecule has 2 atom stereocenters. The van der Waals surface area contributed by atoms with Crippen LogP contribution in [0.25, 0.3) is 5.76 Å². The Kier molecular flexibility index (Phi) is 6.40. The van der Waals surface area contributed by atoms with Crippen LogP contribution in [0.5, 0.6) is 11.5 Å². The normalized spacial score (nSPS) is 19.7. The number of aliphatic hydroxyl groups excluding tert-OH is 1. The highest BCUT2D eigenvalue weighted by molar-refractivity contribution is 6.46. The van der Waals surface area contributed by atoms with Crippen LogP contribution in [0.2, 0.25) is 0 Å². The smallest absolute Gasteiger partial charge is 0.296 e. The van der Waals surface area contributed by atoms with Gasteiger partial charge >= 0.3 is 0 Å².